The van der Waals surface area contributed by atoms with Crippen molar-refractivity contribution in [2.24, 2.45) is 0 Å². The van der Waals surface area contributed by atoms with Crippen molar-refractivity contribution < 1.29 is 18.0 Å². The molecule has 0 radical (unpaired) electrons. The topological polar surface area (TPSA) is 17.1 Å². The Kier molecular flexibility index (Phi) is 4.59. The van der Waals surface area contributed by atoms with Gasteiger partial charge in [-0.2, -0.15) is 13.2 Å². The summed E-state index contributed by atoms with van der Waals surface area (Å²) in [5, 5.41) is 0. The minimum absolute atomic E-state index is 0.0979. The number of carbonyl (C=O) groups excluding carboxylic acids is 1. The van der Waals surface area contributed by atoms with Gasteiger partial charge in [-0.15, -0.1) is 0 Å². The highest BCUT2D eigenvalue weighted by Crippen LogP contribution is 2.34. The smallest absolute Gasteiger partial charge is 0.299 e. The number of hydrogen-bond donors (Lipinski definition) is 0. The van der Waals surface area contributed by atoms with Crippen molar-refractivity contribution in [1.82, 2.24) is 0 Å². The Morgan fingerprint density at radius 1 is 1.33 bits per heavy atom. The van der Waals surface area contributed by atoms with Crippen LogP contribution in [0.5, 0.6) is 0 Å². The molecule has 0 fully saturated rings. The zero-order valence-corrected chi connectivity index (χ0v) is 11.9. The minimum Gasteiger partial charge on any atom is -0.299 e. The summed E-state index contributed by atoms with van der Waals surface area (Å²) in [6.45, 7) is 4.90. The predicted octanol–water partition coefficient (Wildman–Crippen LogP) is 4.47. The molecule has 1 aromatic carbocycles. The molecule has 0 saturated heterocycles. The summed E-state index contributed by atoms with van der Waals surface area (Å²) in [7, 11) is 0. The van der Waals surface area contributed by atoms with Crippen LogP contribution in [0.3, 0.4) is 0 Å². The molecule has 100 valence electrons. The second-order valence-electron chi connectivity index (χ2n) is 4.37. The highest BCUT2D eigenvalue weighted by molar-refractivity contribution is 9.10. The van der Waals surface area contributed by atoms with Gasteiger partial charge >= 0.3 is 6.18 Å². The second-order valence-corrected chi connectivity index (χ2v) is 5.36. The van der Waals surface area contributed by atoms with E-state index in [2.05, 4.69) is 15.9 Å². The van der Waals surface area contributed by atoms with Crippen LogP contribution in [-0.2, 0) is 11.0 Å². The molecule has 1 nitrogen and oxygen atoms in total. The number of hydrogen-bond acceptors (Lipinski definition) is 1. The van der Waals surface area contributed by atoms with E-state index < -0.39 is 16.6 Å². The van der Waals surface area contributed by atoms with Gasteiger partial charge in [-0.1, -0.05) is 28.9 Å². The molecule has 18 heavy (non-hydrogen) atoms. The Balaban J connectivity index is 3.20. The van der Waals surface area contributed by atoms with Crippen LogP contribution in [0.2, 0.25) is 0 Å². The molecule has 2 atom stereocenters. The number of alkyl halides is 4. The van der Waals surface area contributed by atoms with Crippen molar-refractivity contribution in [2.45, 2.75) is 37.7 Å². The van der Waals surface area contributed by atoms with Gasteiger partial charge in [0.15, 0.2) is 0 Å². The highest BCUT2D eigenvalue weighted by atomic mass is 79.9. The number of carbonyl (C=O) groups is 1. The van der Waals surface area contributed by atoms with E-state index in [0.717, 1.165) is 17.7 Å². The summed E-state index contributed by atoms with van der Waals surface area (Å²) in [5.74, 6) is -0.399. The van der Waals surface area contributed by atoms with Gasteiger partial charge in [0.25, 0.3) is 0 Å². The van der Waals surface area contributed by atoms with Crippen LogP contribution in [0.25, 0.3) is 0 Å². The molecule has 1 aromatic rings. The first kappa shape index (κ1) is 15.2. The monoisotopic (exact) mass is 322 g/mol. The summed E-state index contributed by atoms with van der Waals surface area (Å²) in [5.41, 5.74) is 0.612. The molecular weight excluding hydrogens is 309 g/mol. The van der Waals surface area contributed by atoms with Crippen LogP contribution < -0.4 is 0 Å². The lowest BCUT2D eigenvalue weighted by Gasteiger charge is -2.20. The SMILES string of the molecule is CC(=O)C(Br)C(C)c1cc(C(F)(F)F)ccc1C. The molecule has 0 amide bonds. The molecule has 0 spiro atoms. The number of rotatable bonds is 3. The van der Waals surface area contributed by atoms with E-state index in [0.29, 0.717) is 5.56 Å². The van der Waals surface area contributed by atoms with Gasteiger partial charge in [-0.05, 0) is 37.1 Å². The van der Waals surface area contributed by atoms with Gasteiger partial charge in [-0.3, -0.25) is 4.79 Å². The van der Waals surface area contributed by atoms with E-state index >= 15 is 0 Å². The summed E-state index contributed by atoms with van der Waals surface area (Å²) < 4.78 is 37.9. The van der Waals surface area contributed by atoms with Crippen molar-refractivity contribution in [3.63, 3.8) is 0 Å². The van der Waals surface area contributed by atoms with Crippen LogP contribution in [0.4, 0.5) is 13.2 Å². The number of aryl methyl sites for hydroxylation is 1. The average molecular weight is 323 g/mol. The second kappa shape index (κ2) is 5.43. The Hall–Kier alpha value is -0.840. The fourth-order valence-electron chi connectivity index (χ4n) is 1.82. The van der Waals surface area contributed by atoms with Gasteiger partial charge in [-0.25, -0.2) is 0 Å². The zero-order valence-electron chi connectivity index (χ0n) is 10.3. The Bertz CT molecular complexity index is 454. The fourth-order valence-corrected chi connectivity index (χ4v) is 2.10. The van der Waals surface area contributed by atoms with E-state index in [1.807, 2.05) is 0 Å². The number of ketones is 1. The Labute approximate surface area is 113 Å². The van der Waals surface area contributed by atoms with Crippen LogP contribution in [0.15, 0.2) is 18.2 Å². The molecule has 0 aliphatic carbocycles. The quantitative estimate of drug-likeness (QED) is 0.750. The molecule has 5 heteroatoms. The third-order valence-corrected chi connectivity index (χ3v) is 4.36. The minimum atomic E-state index is -4.36. The van der Waals surface area contributed by atoms with Crippen molar-refractivity contribution in [2.75, 3.05) is 0 Å². The molecule has 0 bridgehead atoms. The maximum absolute atomic E-state index is 12.6. The zero-order chi connectivity index (χ0) is 14.1. The van der Waals surface area contributed by atoms with E-state index in [1.165, 1.54) is 13.0 Å². The third kappa shape index (κ3) is 3.34. The lowest BCUT2D eigenvalue weighted by Crippen LogP contribution is -2.19. The van der Waals surface area contributed by atoms with Gasteiger partial charge in [0, 0.05) is 5.92 Å². The molecule has 0 heterocycles. The normalized spacial score (nSPS) is 15.3. The summed E-state index contributed by atoms with van der Waals surface area (Å²) in [6.07, 6.45) is -4.36. The number of halogens is 4. The van der Waals surface area contributed by atoms with Crippen LogP contribution in [0.1, 0.15) is 36.5 Å². The predicted molar refractivity (Wildman–Crippen MR) is 68.0 cm³/mol. The van der Waals surface area contributed by atoms with Gasteiger partial charge < -0.3 is 0 Å². The standard InChI is InChI=1S/C13H14BrF3O/c1-7-4-5-10(13(15,16)17)6-11(7)8(2)12(14)9(3)18/h4-6,8,12H,1-3H3. The van der Waals surface area contributed by atoms with Crippen molar-refractivity contribution >= 4 is 21.7 Å². The lowest BCUT2D eigenvalue weighted by atomic mass is 9.91. The molecule has 1 rings (SSSR count). The summed E-state index contributed by atoms with van der Waals surface area (Å²) >= 11 is 3.22. The van der Waals surface area contributed by atoms with Crippen molar-refractivity contribution in [3.8, 4) is 0 Å². The first-order valence-corrected chi connectivity index (χ1v) is 6.38. The fraction of sp³-hybridized carbons (Fsp3) is 0.462. The van der Waals surface area contributed by atoms with Gasteiger partial charge in [0.1, 0.15) is 5.78 Å². The van der Waals surface area contributed by atoms with Crippen LogP contribution in [0, 0.1) is 6.92 Å². The molecule has 0 aliphatic heterocycles. The van der Waals surface area contributed by atoms with Crippen LogP contribution in [-0.4, -0.2) is 10.6 Å². The van der Waals surface area contributed by atoms with Crippen LogP contribution >= 0.6 is 15.9 Å². The summed E-state index contributed by atoms with van der Waals surface area (Å²) in [6, 6.07) is 3.62. The number of benzene rings is 1. The highest BCUT2D eigenvalue weighted by Gasteiger charge is 2.32. The third-order valence-electron chi connectivity index (χ3n) is 2.92. The van der Waals surface area contributed by atoms with E-state index in [1.54, 1.807) is 13.8 Å². The molecule has 0 aliphatic rings. The average Bonchev–Trinajstić information content (AvgIpc) is 2.26. The first-order chi connectivity index (χ1) is 8.14. The van der Waals surface area contributed by atoms with Crippen molar-refractivity contribution in [1.29, 1.82) is 0 Å². The maximum atomic E-state index is 12.6. The lowest BCUT2D eigenvalue weighted by molar-refractivity contribution is -0.137. The van der Waals surface area contributed by atoms with Crippen molar-refractivity contribution in [3.05, 3.63) is 34.9 Å². The first-order valence-electron chi connectivity index (χ1n) is 5.47. The Morgan fingerprint density at radius 3 is 2.33 bits per heavy atom. The summed E-state index contributed by atoms with van der Waals surface area (Å²) in [4.78, 5) is 10.8. The maximum Gasteiger partial charge on any atom is 0.416 e. The largest absolute Gasteiger partial charge is 0.416 e. The molecule has 0 N–H and O–H groups in total. The number of Topliss-reactive ketones (excluding diaryl/α,β-unsaturated/α-hetero) is 1. The Morgan fingerprint density at radius 2 is 1.89 bits per heavy atom. The van der Waals surface area contributed by atoms with Gasteiger partial charge in [0.05, 0.1) is 10.4 Å². The molecular formula is C13H14BrF3O. The molecule has 0 saturated carbocycles. The van der Waals surface area contributed by atoms with Gasteiger partial charge in [0.2, 0.25) is 0 Å². The molecule has 0 aromatic heterocycles. The van der Waals surface area contributed by atoms with E-state index in [9.17, 15) is 18.0 Å². The molecule has 2 unspecified atom stereocenters. The van der Waals surface area contributed by atoms with E-state index in [-0.39, 0.29) is 11.7 Å². The van der Waals surface area contributed by atoms with E-state index in [4.69, 9.17) is 0 Å².